The molecule has 0 unspecified atom stereocenters. The van der Waals surface area contributed by atoms with E-state index in [9.17, 15) is 0 Å². The minimum Gasteiger partial charge on any atom is -0.322 e. The monoisotopic (exact) mass is 212 g/mol. The first-order chi connectivity index (χ1) is 6.18. The second-order valence-corrected chi connectivity index (χ2v) is 4.40. The van der Waals surface area contributed by atoms with E-state index in [4.69, 9.17) is 17.3 Å². The van der Waals surface area contributed by atoms with Crippen molar-refractivity contribution in [2.24, 2.45) is 5.73 Å². The van der Waals surface area contributed by atoms with E-state index in [0.717, 1.165) is 15.2 Å². The molecule has 1 heterocycles. The number of aromatic nitrogens is 1. The summed E-state index contributed by atoms with van der Waals surface area (Å²) in [6.45, 7) is 1.92. The van der Waals surface area contributed by atoms with Gasteiger partial charge in [0.1, 0.15) is 10.5 Å². The molecule has 2 N–H and O–H groups in total. The molecule has 2 aromatic rings. The minimum atomic E-state index is -0.0199. The topological polar surface area (TPSA) is 38.9 Å². The van der Waals surface area contributed by atoms with Crippen molar-refractivity contribution >= 4 is 33.2 Å². The van der Waals surface area contributed by atoms with E-state index < -0.39 is 0 Å². The second kappa shape index (κ2) is 3.25. The molecule has 0 radical (unpaired) electrons. The third-order valence-electron chi connectivity index (χ3n) is 1.78. The minimum absolute atomic E-state index is 0.0199. The van der Waals surface area contributed by atoms with Crippen LogP contribution >= 0.6 is 22.9 Å². The Balaban J connectivity index is 2.68. The second-order valence-electron chi connectivity index (χ2n) is 2.93. The largest absolute Gasteiger partial charge is 0.322 e. The number of para-hydroxylation sites is 1. The molecule has 1 aromatic heterocycles. The van der Waals surface area contributed by atoms with E-state index >= 15 is 0 Å². The first-order valence-electron chi connectivity index (χ1n) is 3.99. The first kappa shape index (κ1) is 8.94. The van der Waals surface area contributed by atoms with E-state index in [-0.39, 0.29) is 6.04 Å². The third-order valence-corrected chi connectivity index (χ3v) is 3.30. The van der Waals surface area contributed by atoms with Crippen molar-refractivity contribution in [3.8, 4) is 0 Å². The zero-order chi connectivity index (χ0) is 9.42. The van der Waals surface area contributed by atoms with Gasteiger partial charge in [0.15, 0.2) is 0 Å². The number of halogens is 1. The summed E-state index contributed by atoms with van der Waals surface area (Å²) in [4.78, 5) is 4.37. The Morgan fingerprint density at radius 2 is 2.31 bits per heavy atom. The van der Waals surface area contributed by atoms with Crippen molar-refractivity contribution in [1.82, 2.24) is 4.98 Å². The maximum atomic E-state index is 5.98. The molecule has 0 saturated heterocycles. The molecule has 0 aliphatic heterocycles. The van der Waals surface area contributed by atoms with Crippen LogP contribution in [0.3, 0.4) is 0 Å². The highest BCUT2D eigenvalue weighted by Gasteiger charge is 2.08. The normalized spacial score (nSPS) is 13.5. The highest BCUT2D eigenvalue weighted by Crippen LogP contribution is 2.29. The molecule has 0 bridgehead atoms. The Morgan fingerprint density at radius 1 is 1.54 bits per heavy atom. The van der Waals surface area contributed by atoms with Crippen LogP contribution in [0.2, 0.25) is 5.02 Å². The van der Waals surface area contributed by atoms with Gasteiger partial charge in [0.2, 0.25) is 0 Å². The Labute approximate surface area is 85.3 Å². The van der Waals surface area contributed by atoms with Crippen LogP contribution in [-0.4, -0.2) is 4.98 Å². The molecule has 0 fully saturated rings. The number of thiazole rings is 1. The van der Waals surface area contributed by atoms with E-state index in [0.29, 0.717) is 5.02 Å². The van der Waals surface area contributed by atoms with E-state index in [1.54, 1.807) is 11.3 Å². The van der Waals surface area contributed by atoms with Crippen molar-refractivity contribution in [3.63, 3.8) is 0 Å². The molecular formula is C9H9ClN2S. The Kier molecular flexibility index (Phi) is 2.24. The van der Waals surface area contributed by atoms with Crippen molar-refractivity contribution in [1.29, 1.82) is 0 Å². The lowest BCUT2D eigenvalue weighted by Gasteiger charge is -1.95. The summed E-state index contributed by atoms with van der Waals surface area (Å²) in [6.07, 6.45) is 0. The van der Waals surface area contributed by atoms with Gasteiger partial charge in [-0.1, -0.05) is 17.7 Å². The van der Waals surface area contributed by atoms with Gasteiger partial charge in [-0.25, -0.2) is 4.98 Å². The van der Waals surface area contributed by atoms with Gasteiger partial charge in [0.05, 0.1) is 15.8 Å². The van der Waals surface area contributed by atoms with Crippen LogP contribution in [0.4, 0.5) is 0 Å². The maximum absolute atomic E-state index is 5.98. The van der Waals surface area contributed by atoms with Gasteiger partial charge in [-0.05, 0) is 19.1 Å². The highest BCUT2D eigenvalue weighted by molar-refractivity contribution is 7.18. The summed E-state index contributed by atoms with van der Waals surface area (Å²) >= 11 is 7.58. The predicted molar refractivity (Wildman–Crippen MR) is 57.2 cm³/mol. The number of nitrogens with two attached hydrogens (primary N) is 1. The molecule has 0 spiro atoms. The summed E-state index contributed by atoms with van der Waals surface area (Å²) in [5.41, 5.74) is 6.59. The molecule has 68 valence electrons. The van der Waals surface area contributed by atoms with Crippen LogP contribution in [0, 0.1) is 0 Å². The summed E-state index contributed by atoms with van der Waals surface area (Å²) in [5, 5.41) is 1.63. The van der Waals surface area contributed by atoms with Crippen LogP contribution in [-0.2, 0) is 0 Å². The highest BCUT2D eigenvalue weighted by atomic mass is 35.5. The molecule has 0 aliphatic rings. The third kappa shape index (κ3) is 1.55. The number of rotatable bonds is 1. The molecule has 2 rings (SSSR count). The molecule has 13 heavy (non-hydrogen) atoms. The van der Waals surface area contributed by atoms with Gasteiger partial charge in [0, 0.05) is 0 Å². The van der Waals surface area contributed by atoms with Crippen LogP contribution in [0.15, 0.2) is 18.2 Å². The number of benzene rings is 1. The van der Waals surface area contributed by atoms with E-state index in [2.05, 4.69) is 4.98 Å². The Bertz CT molecular complexity index is 436. The Morgan fingerprint density at radius 3 is 2.92 bits per heavy atom. The van der Waals surface area contributed by atoms with Crippen molar-refractivity contribution in [2.45, 2.75) is 13.0 Å². The number of fused-ring (bicyclic) bond motifs is 1. The van der Waals surface area contributed by atoms with Gasteiger partial charge in [-0.2, -0.15) is 0 Å². The van der Waals surface area contributed by atoms with Crippen LogP contribution in [0.1, 0.15) is 18.0 Å². The van der Waals surface area contributed by atoms with Crippen molar-refractivity contribution in [3.05, 3.63) is 28.2 Å². The predicted octanol–water partition coefficient (Wildman–Crippen LogP) is 2.97. The van der Waals surface area contributed by atoms with Crippen molar-refractivity contribution < 1.29 is 0 Å². The molecule has 1 aromatic carbocycles. The van der Waals surface area contributed by atoms with Gasteiger partial charge in [0.25, 0.3) is 0 Å². The molecule has 2 nitrogen and oxygen atoms in total. The molecule has 0 saturated carbocycles. The molecule has 1 atom stereocenters. The standard InChI is InChI=1S/C9H9ClN2S/c1-5(11)9-12-8-6(10)3-2-4-7(8)13-9/h2-5H,11H2,1H3/t5-/m1/s1. The Hall–Kier alpha value is -0.640. The molecule has 0 aliphatic carbocycles. The van der Waals surface area contributed by atoms with E-state index in [1.165, 1.54) is 0 Å². The van der Waals surface area contributed by atoms with Gasteiger partial charge in [-0.3, -0.25) is 0 Å². The average molecular weight is 213 g/mol. The first-order valence-corrected chi connectivity index (χ1v) is 5.18. The quantitative estimate of drug-likeness (QED) is 0.790. The lowest BCUT2D eigenvalue weighted by Crippen LogP contribution is -2.03. The van der Waals surface area contributed by atoms with Crippen LogP contribution in [0.5, 0.6) is 0 Å². The summed E-state index contributed by atoms with van der Waals surface area (Å²) in [7, 11) is 0. The fourth-order valence-corrected chi connectivity index (χ4v) is 2.35. The van der Waals surface area contributed by atoms with Crippen molar-refractivity contribution in [2.75, 3.05) is 0 Å². The molecular weight excluding hydrogens is 204 g/mol. The number of hydrogen-bond acceptors (Lipinski definition) is 3. The average Bonchev–Trinajstić information content (AvgIpc) is 2.49. The van der Waals surface area contributed by atoms with Crippen LogP contribution < -0.4 is 5.73 Å². The maximum Gasteiger partial charge on any atom is 0.110 e. The fraction of sp³-hybridized carbons (Fsp3) is 0.222. The van der Waals surface area contributed by atoms with Gasteiger partial charge >= 0.3 is 0 Å². The summed E-state index contributed by atoms with van der Waals surface area (Å²) in [5.74, 6) is 0. The summed E-state index contributed by atoms with van der Waals surface area (Å²) < 4.78 is 1.10. The lowest BCUT2D eigenvalue weighted by atomic mass is 10.3. The lowest BCUT2D eigenvalue weighted by molar-refractivity contribution is 0.810. The number of hydrogen-bond donors (Lipinski definition) is 1. The fourth-order valence-electron chi connectivity index (χ4n) is 1.13. The van der Waals surface area contributed by atoms with E-state index in [1.807, 2.05) is 25.1 Å². The molecule has 0 amide bonds. The zero-order valence-electron chi connectivity index (χ0n) is 7.12. The zero-order valence-corrected chi connectivity index (χ0v) is 8.69. The van der Waals surface area contributed by atoms with Crippen LogP contribution in [0.25, 0.3) is 10.2 Å². The summed E-state index contributed by atoms with van der Waals surface area (Å²) in [6, 6.07) is 5.75. The smallest absolute Gasteiger partial charge is 0.110 e. The SMILES string of the molecule is C[C@@H](N)c1nc2c(Cl)cccc2s1. The van der Waals surface area contributed by atoms with Gasteiger partial charge < -0.3 is 5.73 Å². The molecule has 4 heteroatoms. The van der Waals surface area contributed by atoms with Gasteiger partial charge in [-0.15, -0.1) is 11.3 Å². The number of nitrogens with zero attached hydrogens (tertiary/aromatic N) is 1.